The van der Waals surface area contributed by atoms with Gasteiger partial charge in [0.25, 0.3) is 0 Å². The minimum atomic E-state index is -0.180. The number of hydrogen-bond acceptors (Lipinski definition) is 3. The number of esters is 1. The minimum Gasteiger partial charge on any atom is -0.469 e. The lowest BCUT2D eigenvalue weighted by molar-refractivity contribution is -0.141. The molecule has 0 heterocycles. The fourth-order valence-electron chi connectivity index (χ4n) is 1.77. The van der Waals surface area contributed by atoms with Gasteiger partial charge in [0.2, 0.25) is 0 Å². The van der Waals surface area contributed by atoms with Crippen LogP contribution in [0.1, 0.15) is 37.4 Å². The van der Waals surface area contributed by atoms with E-state index in [9.17, 15) is 4.79 Å². The van der Waals surface area contributed by atoms with Crippen molar-refractivity contribution in [3.8, 4) is 0 Å². The molecule has 1 rings (SSSR count). The summed E-state index contributed by atoms with van der Waals surface area (Å²) in [5, 5.41) is 3.38. The molecule has 3 heteroatoms. The first-order chi connectivity index (χ1) is 8.02. The molecule has 1 N–H and O–H groups in total. The third-order valence-electron chi connectivity index (χ3n) is 2.81. The lowest BCUT2D eigenvalue weighted by Crippen LogP contribution is -2.31. The molecule has 0 saturated heterocycles. The molecule has 1 aromatic rings. The van der Waals surface area contributed by atoms with Gasteiger partial charge in [-0.2, -0.15) is 0 Å². The lowest BCUT2D eigenvalue weighted by atomic mass is 10.1. The van der Waals surface area contributed by atoms with E-state index < -0.39 is 0 Å². The molecule has 0 aliphatic carbocycles. The van der Waals surface area contributed by atoms with E-state index in [1.165, 1.54) is 18.2 Å². The first-order valence-electron chi connectivity index (χ1n) is 5.92. The molecular weight excluding hydrogens is 214 g/mol. The van der Waals surface area contributed by atoms with Gasteiger partial charge in [-0.15, -0.1) is 0 Å². The summed E-state index contributed by atoms with van der Waals surface area (Å²) in [7, 11) is 1.42. The molecule has 0 amide bonds. The highest BCUT2D eigenvalue weighted by atomic mass is 16.5. The van der Waals surface area contributed by atoms with Crippen LogP contribution in [0.15, 0.2) is 24.3 Å². The Balaban J connectivity index is 2.51. The van der Waals surface area contributed by atoms with Crippen molar-refractivity contribution in [2.75, 3.05) is 7.11 Å². The van der Waals surface area contributed by atoms with Crippen LogP contribution in [0.3, 0.4) is 0 Å². The first kappa shape index (κ1) is 13.7. The Morgan fingerprint density at radius 3 is 2.41 bits per heavy atom. The smallest absolute Gasteiger partial charge is 0.307 e. The Hall–Kier alpha value is -1.35. The van der Waals surface area contributed by atoms with Crippen molar-refractivity contribution in [2.45, 2.75) is 39.3 Å². The Morgan fingerprint density at radius 1 is 1.29 bits per heavy atom. The molecule has 0 spiro atoms. The monoisotopic (exact) mass is 235 g/mol. The third-order valence-corrected chi connectivity index (χ3v) is 2.81. The summed E-state index contributed by atoms with van der Waals surface area (Å²) in [6, 6.07) is 8.75. The number of aryl methyl sites for hydroxylation is 1. The Bertz CT molecular complexity index is 359. The van der Waals surface area contributed by atoms with Crippen LogP contribution in [0, 0.1) is 6.92 Å². The van der Waals surface area contributed by atoms with E-state index >= 15 is 0 Å². The summed E-state index contributed by atoms with van der Waals surface area (Å²) >= 11 is 0. The zero-order valence-electron chi connectivity index (χ0n) is 11.0. The fraction of sp³-hybridized carbons (Fsp3) is 0.500. The van der Waals surface area contributed by atoms with Crippen molar-refractivity contribution >= 4 is 5.97 Å². The van der Waals surface area contributed by atoms with Crippen LogP contribution in [0.4, 0.5) is 0 Å². The second kappa shape index (κ2) is 6.40. The van der Waals surface area contributed by atoms with Gasteiger partial charge in [0.1, 0.15) is 0 Å². The van der Waals surface area contributed by atoms with Gasteiger partial charge in [-0.05, 0) is 26.3 Å². The molecule has 94 valence electrons. The van der Waals surface area contributed by atoms with Crippen molar-refractivity contribution in [1.29, 1.82) is 0 Å². The summed E-state index contributed by atoms with van der Waals surface area (Å²) in [5.41, 5.74) is 2.48. The largest absolute Gasteiger partial charge is 0.469 e. The van der Waals surface area contributed by atoms with Crippen molar-refractivity contribution in [3.05, 3.63) is 35.4 Å². The van der Waals surface area contributed by atoms with Crippen LogP contribution in [-0.2, 0) is 9.53 Å². The van der Waals surface area contributed by atoms with Crippen LogP contribution in [0.5, 0.6) is 0 Å². The quantitative estimate of drug-likeness (QED) is 0.797. The summed E-state index contributed by atoms with van der Waals surface area (Å²) in [6.45, 7) is 6.15. The van der Waals surface area contributed by atoms with E-state index in [2.05, 4.69) is 48.2 Å². The van der Waals surface area contributed by atoms with Gasteiger partial charge in [-0.3, -0.25) is 4.79 Å². The standard InChI is InChI=1S/C14H21NO2/c1-10-5-7-13(8-6-10)12(3)15-11(2)9-14(16)17-4/h5-8,11-12,15H,9H2,1-4H3/t11?,12-/m0/s1. The van der Waals surface area contributed by atoms with Gasteiger partial charge in [-0.1, -0.05) is 29.8 Å². The number of nitrogens with one attached hydrogen (secondary N) is 1. The molecule has 1 unspecified atom stereocenters. The van der Waals surface area contributed by atoms with E-state index in [1.807, 2.05) is 6.92 Å². The molecule has 0 fully saturated rings. The Morgan fingerprint density at radius 2 is 1.88 bits per heavy atom. The maximum atomic E-state index is 11.1. The summed E-state index contributed by atoms with van der Waals surface area (Å²) < 4.78 is 4.64. The molecule has 3 nitrogen and oxygen atoms in total. The predicted molar refractivity (Wildman–Crippen MR) is 68.8 cm³/mol. The van der Waals surface area contributed by atoms with Crippen molar-refractivity contribution < 1.29 is 9.53 Å². The molecule has 0 aliphatic heterocycles. The molecule has 2 atom stereocenters. The highest BCUT2D eigenvalue weighted by Gasteiger charge is 2.12. The van der Waals surface area contributed by atoms with Gasteiger partial charge < -0.3 is 10.1 Å². The van der Waals surface area contributed by atoms with Gasteiger partial charge in [0.15, 0.2) is 0 Å². The number of ether oxygens (including phenoxy) is 1. The topological polar surface area (TPSA) is 38.3 Å². The maximum Gasteiger partial charge on any atom is 0.307 e. The van der Waals surface area contributed by atoms with E-state index in [1.54, 1.807) is 0 Å². The molecule has 0 aromatic heterocycles. The maximum absolute atomic E-state index is 11.1. The number of hydrogen-bond donors (Lipinski definition) is 1. The average Bonchev–Trinajstić information content (AvgIpc) is 2.29. The molecule has 0 saturated carbocycles. The Labute approximate surface area is 103 Å². The number of methoxy groups -OCH3 is 1. The molecule has 0 bridgehead atoms. The second-order valence-corrected chi connectivity index (χ2v) is 4.48. The minimum absolute atomic E-state index is 0.110. The lowest BCUT2D eigenvalue weighted by Gasteiger charge is -2.19. The number of carbonyl (C=O) groups excluding carboxylic acids is 1. The summed E-state index contributed by atoms with van der Waals surface area (Å²) in [6.07, 6.45) is 0.396. The van der Waals surface area contributed by atoms with Gasteiger partial charge in [0, 0.05) is 12.1 Å². The Kier molecular flexibility index (Phi) is 5.16. The number of benzene rings is 1. The van der Waals surface area contributed by atoms with Crippen molar-refractivity contribution in [1.82, 2.24) is 5.32 Å². The van der Waals surface area contributed by atoms with Crippen LogP contribution in [0.2, 0.25) is 0 Å². The molecule has 0 aliphatic rings. The zero-order chi connectivity index (χ0) is 12.8. The van der Waals surface area contributed by atoms with E-state index in [4.69, 9.17) is 0 Å². The van der Waals surface area contributed by atoms with Gasteiger partial charge in [-0.25, -0.2) is 0 Å². The van der Waals surface area contributed by atoms with E-state index in [0.717, 1.165) is 0 Å². The third kappa shape index (κ3) is 4.57. The predicted octanol–water partition coefficient (Wildman–Crippen LogP) is 2.60. The van der Waals surface area contributed by atoms with Crippen molar-refractivity contribution in [2.24, 2.45) is 0 Å². The van der Waals surface area contributed by atoms with Crippen LogP contribution >= 0.6 is 0 Å². The normalized spacial score (nSPS) is 14.1. The van der Waals surface area contributed by atoms with Crippen LogP contribution in [-0.4, -0.2) is 19.1 Å². The zero-order valence-corrected chi connectivity index (χ0v) is 11.0. The van der Waals surface area contributed by atoms with Crippen LogP contribution < -0.4 is 5.32 Å². The molecule has 1 aromatic carbocycles. The van der Waals surface area contributed by atoms with E-state index in [-0.39, 0.29) is 18.1 Å². The van der Waals surface area contributed by atoms with Crippen LogP contribution in [0.25, 0.3) is 0 Å². The molecular formula is C14H21NO2. The van der Waals surface area contributed by atoms with E-state index in [0.29, 0.717) is 6.42 Å². The fourth-order valence-corrected chi connectivity index (χ4v) is 1.77. The SMILES string of the molecule is COC(=O)CC(C)N[C@@H](C)c1ccc(C)cc1. The summed E-state index contributed by atoms with van der Waals surface area (Å²) in [4.78, 5) is 11.1. The number of carbonyl (C=O) groups is 1. The highest BCUT2D eigenvalue weighted by molar-refractivity contribution is 5.69. The van der Waals surface area contributed by atoms with Crippen molar-refractivity contribution in [3.63, 3.8) is 0 Å². The molecule has 17 heavy (non-hydrogen) atoms. The first-order valence-corrected chi connectivity index (χ1v) is 5.92. The second-order valence-electron chi connectivity index (χ2n) is 4.48. The van der Waals surface area contributed by atoms with Gasteiger partial charge >= 0.3 is 5.97 Å². The number of rotatable bonds is 5. The molecule has 0 radical (unpaired) electrons. The highest BCUT2D eigenvalue weighted by Crippen LogP contribution is 2.14. The summed E-state index contributed by atoms with van der Waals surface area (Å²) in [5.74, 6) is -0.180. The average molecular weight is 235 g/mol. The van der Waals surface area contributed by atoms with Gasteiger partial charge in [0.05, 0.1) is 13.5 Å².